The Bertz CT molecular complexity index is 850. The van der Waals surface area contributed by atoms with Crippen molar-refractivity contribution in [2.45, 2.75) is 19.8 Å². The van der Waals surface area contributed by atoms with E-state index in [0.29, 0.717) is 22.9 Å². The zero-order valence-electron chi connectivity index (χ0n) is 15.2. The number of aromatic hydroxyl groups is 1. The molecule has 0 saturated carbocycles. The normalized spacial score (nSPS) is 10.2. The quantitative estimate of drug-likeness (QED) is 0.488. The van der Waals surface area contributed by atoms with E-state index in [9.17, 15) is 19.5 Å². The van der Waals surface area contributed by atoms with E-state index >= 15 is 0 Å². The second-order valence-corrected chi connectivity index (χ2v) is 6.19. The van der Waals surface area contributed by atoms with Crippen molar-refractivity contribution < 1.29 is 29.0 Å². The molecule has 2 aromatic carbocycles. The first-order chi connectivity index (χ1) is 13.4. The van der Waals surface area contributed by atoms with Crippen LogP contribution in [0.4, 0.5) is 5.69 Å². The van der Waals surface area contributed by atoms with Crippen LogP contribution in [-0.2, 0) is 14.3 Å². The fraction of sp³-hybridized carbons (Fsp3) is 0.250. The number of Topliss-reactive ketones (excluding diaryl/α,β-unsaturated/α-hetero) is 1. The number of rotatable bonds is 9. The third-order valence-corrected chi connectivity index (χ3v) is 3.88. The van der Waals surface area contributed by atoms with Gasteiger partial charge in [0.2, 0.25) is 0 Å². The highest BCUT2D eigenvalue weighted by molar-refractivity contribution is 6.30. The summed E-state index contributed by atoms with van der Waals surface area (Å²) in [4.78, 5) is 35.7. The largest absolute Gasteiger partial charge is 0.504 e. The Hall–Kier alpha value is -3.06. The lowest BCUT2D eigenvalue weighted by Gasteiger charge is -2.08. The fourth-order valence-electron chi connectivity index (χ4n) is 2.27. The molecule has 0 radical (unpaired) electrons. The zero-order chi connectivity index (χ0) is 20.5. The number of nitrogens with one attached hydrogen (secondary N) is 1. The minimum atomic E-state index is -0.664. The van der Waals surface area contributed by atoms with Gasteiger partial charge >= 0.3 is 5.97 Å². The van der Waals surface area contributed by atoms with Gasteiger partial charge in [0.25, 0.3) is 5.91 Å². The van der Waals surface area contributed by atoms with Gasteiger partial charge in [-0.25, -0.2) is 0 Å². The number of halogens is 1. The first-order valence-electron chi connectivity index (χ1n) is 8.59. The molecule has 0 heterocycles. The van der Waals surface area contributed by atoms with E-state index in [1.165, 1.54) is 18.2 Å². The number of hydrogen-bond donors (Lipinski definition) is 2. The summed E-state index contributed by atoms with van der Waals surface area (Å²) in [6.07, 6.45) is -0.258. The minimum Gasteiger partial charge on any atom is -0.504 e. The SMILES string of the molecule is CCOc1cc(C(=O)CCC(=O)OCC(=O)Nc2ccc(Cl)cc2)ccc1O. The molecule has 1 amide bonds. The zero-order valence-corrected chi connectivity index (χ0v) is 16.0. The number of carbonyl (C=O) groups is 3. The predicted octanol–water partition coefficient (Wildman–Crippen LogP) is 3.59. The summed E-state index contributed by atoms with van der Waals surface area (Å²) in [5.41, 5.74) is 0.840. The average molecular weight is 406 g/mol. The molecule has 0 saturated heterocycles. The summed E-state index contributed by atoms with van der Waals surface area (Å²) in [6.45, 7) is 1.64. The Balaban J connectivity index is 1.77. The van der Waals surface area contributed by atoms with E-state index in [1.54, 1.807) is 31.2 Å². The number of esters is 1. The third-order valence-electron chi connectivity index (χ3n) is 3.63. The second kappa shape index (κ2) is 10.3. The van der Waals surface area contributed by atoms with Crippen molar-refractivity contribution in [3.05, 3.63) is 53.1 Å². The van der Waals surface area contributed by atoms with Gasteiger partial charge in [0.1, 0.15) is 0 Å². The van der Waals surface area contributed by atoms with Crippen LogP contribution in [-0.4, -0.2) is 36.0 Å². The molecule has 0 aliphatic rings. The van der Waals surface area contributed by atoms with Gasteiger partial charge in [-0.15, -0.1) is 0 Å². The Morgan fingerprint density at radius 2 is 1.79 bits per heavy atom. The molecule has 148 valence electrons. The van der Waals surface area contributed by atoms with Crippen LogP contribution in [0.15, 0.2) is 42.5 Å². The molecule has 0 spiro atoms. The first-order valence-corrected chi connectivity index (χ1v) is 8.97. The standard InChI is InChI=1S/C20H20ClNO6/c1-2-27-18-11-13(3-8-17(18)24)16(23)9-10-20(26)28-12-19(25)22-15-6-4-14(21)5-7-15/h3-8,11,24H,2,9-10,12H2,1H3,(H,22,25). The predicted molar refractivity (Wildman–Crippen MR) is 104 cm³/mol. The van der Waals surface area contributed by atoms with Gasteiger partial charge in [-0.3, -0.25) is 14.4 Å². The van der Waals surface area contributed by atoms with Crippen LogP contribution >= 0.6 is 11.6 Å². The number of carbonyl (C=O) groups excluding carboxylic acids is 3. The molecule has 2 rings (SSSR count). The van der Waals surface area contributed by atoms with Crippen molar-refractivity contribution in [2.75, 3.05) is 18.5 Å². The third kappa shape index (κ3) is 6.59. The number of anilines is 1. The summed E-state index contributed by atoms with van der Waals surface area (Å²) in [6, 6.07) is 10.7. The fourth-order valence-corrected chi connectivity index (χ4v) is 2.39. The molecule has 2 N–H and O–H groups in total. The van der Waals surface area contributed by atoms with Crippen molar-refractivity contribution in [1.29, 1.82) is 0 Å². The number of ketones is 1. The molecular weight excluding hydrogens is 386 g/mol. The topological polar surface area (TPSA) is 102 Å². The highest BCUT2D eigenvalue weighted by Crippen LogP contribution is 2.27. The number of amides is 1. The van der Waals surface area contributed by atoms with E-state index < -0.39 is 18.5 Å². The van der Waals surface area contributed by atoms with Crippen LogP contribution in [0.2, 0.25) is 5.02 Å². The van der Waals surface area contributed by atoms with Crippen LogP contribution in [0.3, 0.4) is 0 Å². The molecule has 0 bridgehead atoms. The summed E-state index contributed by atoms with van der Waals surface area (Å²) < 4.78 is 10.1. The molecular formula is C20H20ClNO6. The molecule has 8 heteroatoms. The van der Waals surface area contributed by atoms with Crippen molar-refractivity contribution in [3.63, 3.8) is 0 Å². The van der Waals surface area contributed by atoms with Crippen LogP contribution in [0.1, 0.15) is 30.1 Å². The molecule has 0 fully saturated rings. The van der Waals surface area contributed by atoms with E-state index in [-0.39, 0.29) is 30.1 Å². The van der Waals surface area contributed by atoms with E-state index in [2.05, 4.69) is 5.32 Å². The monoisotopic (exact) mass is 405 g/mol. The summed E-state index contributed by atoms with van der Waals surface area (Å²) in [7, 11) is 0. The lowest BCUT2D eigenvalue weighted by Crippen LogP contribution is -2.21. The van der Waals surface area contributed by atoms with E-state index in [1.807, 2.05) is 0 Å². The van der Waals surface area contributed by atoms with Gasteiger partial charge in [-0.05, 0) is 49.4 Å². The molecule has 0 aromatic heterocycles. The summed E-state index contributed by atoms with van der Waals surface area (Å²) in [5.74, 6) is -1.33. The van der Waals surface area contributed by atoms with Crippen LogP contribution in [0.5, 0.6) is 11.5 Å². The number of phenols is 1. The molecule has 28 heavy (non-hydrogen) atoms. The second-order valence-electron chi connectivity index (χ2n) is 5.75. The first kappa shape index (κ1) is 21.2. The van der Waals surface area contributed by atoms with Crippen molar-refractivity contribution in [1.82, 2.24) is 0 Å². The van der Waals surface area contributed by atoms with Gasteiger partial charge in [0, 0.05) is 22.7 Å². The summed E-state index contributed by atoms with van der Waals surface area (Å²) in [5, 5.41) is 12.7. The van der Waals surface area contributed by atoms with Gasteiger partial charge in [-0.1, -0.05) is 11.6 Å². The minimum absolute atomic E-state index is 0.0653. The molecule has 0 aliphatic heterocycles. The highest BCUT2D eigenvalue weighted by Gasteiger charge is 2.14. The van der Waals surface area contributed by atoms with Crippen LogP contribution < -0.4 is 10.1 Å². The Kier molecular flexibility index (Phi) is 7.83. The molecule has 0 aliphatic carbocycles. The number of phenolic OH excluding ortho intramolecular Hbond substituents is 1. The number of hydrogen-bond acceptors (Lipinski definition) is 6. The van der Waals surface area contributed by atoms with Gasteiger partial charge in [-0.2, -0.15) is 0 Å². The molecule has 2 aromatic rings. The Labute approximate surface area is 167 Å². The van der Waals surface area contributed by atoms with Crippen LogP contribution in [0, 0.1) is 0 Å². The van der Waals surface area contributed by atoms with E-state index in [0.717, 1.165) is 0 Å². The molecule has 0 atom stereocenters. The Morgan fingerprint density at radius 3 is 2.46 bits per heavy atom. The maximum Gasteiger partial charge on any atom is 0.306 e. The van der Waals surface area contributed by atoms with Crippen molar-refractivity contribution in [3.8, 4) is 11.5 Å². The maximum atomic E-state index is 12.2. The average Bonchev–Trinajstić information content (AvgIpc) is 2.68. The van der Waals surface area contributed by atoms with Crippen molar-refractivity contribution in [2.24, 2.45) is 0 Å². The van der Waals surface area contributed by atoms with Crippen LogP contribution in [0.25, 0.3) is 0 Å². The van der Waals surface area contributed by atoms with Gasteiger partial charge in [0.15, 0.2) is 23.9 Å². The van der Waals surface area contributed by atoms with E-state index in [4.69, 9.17) is 21.1 Å². The van der Waals surface area contributed by atoms with Gasteiger partial charge < -0.3 is 19.9 Å². The maximum absolute atomic E-state index is 12.2. The summed E-state index contributed by atoms with van der Waals surface area (Å²) >= 11 is 5.76. The molecule has 7 nitrogen and oxygen atoms in total. The van der Waals surface area contributed by atoms with Crippen molar-refractivity contribution >= 4 is 34.9 Å². The van der Waals surface area contributed by atoms with Gasteiger partial charge in [0.05, 0.1) is 13.0 Å². The number of ether oxygens (including phenoxy) is 2. The smallest absolute Gasteiger partial charge is 0.306 e. The molecule has 0 unspecified atom stereocenters. The lowest BCUT2D eigenvalue weighted by atomic mass is 10.1. The number of benzene rings is 2. The highest BCUT2D eigenvalue weighted by atomic mass is 35.5. The lowest BCUT2D eigenvalue weighted by molar-refractivity contribution is -0.147. The Morgan fingerprint density at radius 1 is 1.07 bits per heavy atom.